The largest absolute Gasteiger partial charge is 0.465 e. The molecule has 0 fully saturated rings. The minimum atomic E-state index is -0.406. The van der Waals surface area contributed by atoms with E-state index in [9.17, 15) is 4.79 Å². The normalized spacial score (nSPS) is 11.0. The average Bonchev–Trinajstić information content (AvgIpc) is 3.12. The lowest BCUT2D eigenvalue weighted by atomic mass is 10.0. The van der Waals surface area contributed by atoms with Crippen LogP contribution in [0, 0.1) is 13.8 Å². The lowest BCUT2D eigenvalue weighted by Crippen LogP contribution is -2.13. The maximum absolute atomic E-state index is 12.5. The van der Waals surface area contributed by atoms with E-state index in [0.717, 1.165) is 27.6 Å². The van der Waals surface area contributed by atoms with Crippen LogP contribution in [-0.4, -0.2) is 32.9 Å². The number of thioether (sulfide) groups is 1. The first-order chi connectivity index (χ1) is 14.5. The first-order valence-electron chi connectivity index (χ1n) is 9.37. The van der Waals surface area contributed by atoms with E-state index < -0.39 is 5.97 Å². The molecule has 2 heterocycles. The summed E-state index contributed by atoms with van der Waals surface area (Å²) in [6, 6.07) is 15.6. The van der Waals surface area contributed by atoms with E-state index in [4.69, 9.17) is 15.6 Å². The number of nitrogens with two attached hydrogens (primary N) is 1. The minimum absolute atomic E-state index is 0.402. The molecule has 4 rings (SSSR count). The smallest absolute Gasteiger partial charge is 0.340 e. The minimum Gasteiger partial charge on any atom is -0.465 e. The summed E-state index contributed by atoms with van der Waals surface area (Å²) < 4.78 is 6.48. The number of esters is 1. The molecule has 152 valence electrons. The molecular formula is C22H21N5O2S. The second kappa shape index (κ2) is 8.16. The third-order valence-corrected chi connectivity index (χ3v) is 5.96. The summed E-state index contributed by atoms with van der Waals surface area (Å²) in [6.07, 6.45) is 0. The van der Waals surface area contributed by atoms with Crippen molar-refractivity contribution in [2.24, 2.45) is 0 Å². The van der Waals surface area contributed by atoms with Crippen molar-refractivity contribution < 1.29 is 9.53 Å². The molecule has 2 aromatic heterocycles. The van der Waals surface area contributed by atoms with Crippen LogP contribution in [0.1, 0.15) is 27.2 Å². The van der Waals surface area contributed by atoms with E-state index in [0.29, 0.717) is 28.0 Å². The molecule has 7 nitrogen and oxygen atoms in total. The Morgan fingerprint density at radius 1 is 1.10 bits per heavy atom. The van der Waals surface area contributed by atoms with Gasteiger partial charge in [0, 0.05) is 16.7 Å². The van der Waals surface area contributed by atoms with Gasteiger partial charge in [-0.05, 0) is 31.0 Å². The summed E-state index contributed by atoms with van der Waals surface area (Å²) in [5.41, 5.74) is 4.77. The van der Waals surface area contributed by atoms with Gasteiger partial charge in [0.15, 0.2) is 5.82 Å². The highest BCUT2D eigenvalue weighted by Gasteiger charge is 2.21. The van der Waals surface area contributed by atoms with Crippen LogP contribution in [0.15, 0.2) is 53.7 Å². The van der Waals surface area contributed by atoms with Gasteiger partial charge < -0.3 is 10.6 Å². The molecule has 30 heavy (non-hydrogen) atoms. The zero-order valence-corrected chi connectivity index (χ0v) is 17.7. The van der Waals surface area contributed by atoms with Crippen LogP contribution in [0.25, 0.3) is 22.3 Å². The number of carbonyl (C=O) groups excluding carboxylic acids is 1. The molecule has 0 bridgehead atoms. The lowest BCUT2D eigenvalue weighted by molar-refractivity contribution is 0.0598. The number of methoxy groups -OCH3 is 1. The Morgan fingerprint density at radius 2 is 1.83 bits per heavy atom. The zero-order chi connectivity index (χ0) is 21.3. The molecule has 0 unspecified atom stereocenters. The fourth-order valence-corrected chi connectivity index (χ4v) is 4.23. The molecule has 0 aliphatic rings. The molecule has 0 saturated carbocycles. The van der Waals surface area contributed by atoms with E-state index in [1.807, 2.05) is 62.4 Å². The highest BCUT2D eigenvalue weighted by molar-refractivity contribution is 7.98. The van der Waals surface area contributed by atoms with Crippen LogP contribution < -0.4 is 5.84 Å². The molecule has 2 aromatic carbocycles. The van der Waals surface area contributed by atoms with Crippen molar-refractivity contribution in [2.45, 2.75) is 24.8 Å². The first kappa shape index (κ1) is 19.9. The second-order valence-electron chi connectivity index (χ2n) is 6.85. The molecule has 0 spiro atoms. The van der Waals surface area contributed by atoms with Crippen molar-refractivity contribution in [3.63, 3.8) is 0 Å². The van der Waals surface area contributed by atoms with Crippen LogP contribution in [0.5, 0.6) is 0 Å². The van der Waals surface area contributed by atoms with Gasteiger partial charge >= 0.3 is 5.97 Å². The summed E-state index contributed by atoms with van der Waals surface area (Å²) in [7, 11) is 1.37. The molecule has 0 amide bonds. The van der Waals surface area contributed by atoms with Crippen molar-refractivity contribution in [2.75, 3.05) is 13.0 Å². The summed E-state index contributed by atoms with van der Waals surface area (Å²) >= 11 is 1.37. The van der Waals surface area contributed by atoms with Gasteiger partial charge in [0.1, 0.15) is 0 Å². The third-order valence-electron chi connectivity index (χ3n) is 5.01. The van der Waals surface area contributed by atoms with Gasteiger partial charge in [-0.1, -0.05) is 54.2 Å². The Morgan fingerprint density at radius 3 is 2.60 bits per heavy atom. The van der Waals surface area contributed by atoms with E-state index in [-0.39, 0.29) is 0 Å². The molecule has 2 N–H and O–H groups in total. The fourth-order valence-electron chi connectivity index (χ4n) is 3.43. The summed E-state index contributed by atoms with van der Waals surface area (Å²) in [5.74, 6) is 6.86. The maximum Gasteiger partial charge on any atom is 0.340 e. The number of nitrogens with zero attached hydrogens (tertiary/aromatic N) is 4. The van der Waals surface area contributed by atoms with Crippen LogP contribution in [0.4, 0.5) is 0 Å². The number of benzene rings is 2. The predicted octanol–water partition coefficient (Wildman–Crippen LogP) is 3.90. The molecule has 0 saturated heterocycles. The summed E-state index contributed by atoms with van der Waals surface area (Å²) in [6.45, 7) is 3.91. The number of carbonyl (C=O) groups is 1. The fraction of sp³-hybridized carbons (Fsp3) is 0.182. The topological polar surface area (TPSA) is 95.9 Å². The van der Waals surface area contributed by atoms with Gasteiger partial charge in [-0.15, -0.1) is 10.2 Å². The number of aryl methyl sites for hydroxylation is 2. The zero-order valence-electron chi connectivity index (χ0n) is 16.9. The maximum atomic E-state index is 12.5. The van der Waals surface area contributed by atoms with E-state index >= 15 is 0 Å². The van der Waals surface area contributed by atoms with Gasteiger partial charge in [0.2, 0.25) is 5.16 Å². The van der Waals surface area contributed by atoms with Crippen molar-refractivity contribution in [3.05, 3.63) is 70.9 Å². The van der Waals surface area contributed by atoms with Gasteiger partial charge in [0.25, 0.3) is 0 Å². The van der Waals surface area contributed by atoms with Gasteiger partial charge in [0.05, 0.1) is 23.9 Å². The number of rotatable bonds is 5. The molecule has 8 heteroatoms. The molecule has 0 aliphatic heterocycles. The van der Waals surface area contributed by atoms with E-state index in [1.54, 1.807) is 0 Å². The Bertz CT molecular complexity index is 1250. The molecule has 0 radical (unpaired) electrons. The van der Waals surface area contributed by atoms with E-state index in [2.05, 4.69) is 10.2 Å². The number of hydrogen-bond acceptors (Lipinski definition) is 7. The highest BCUT2D eigenvalue weighted by atomic mass is 32.2. The highest BCUT2D eigenvalue weighted by Crippen LogP contribution is 2.29. The lowest BCUT2D eigenvalue weighted by Gasteiger charge is -2.13. The number of aromatic nitrogens is 4. The van der Waals surface area contributed by atoms with Crippen molar-refractivity contribution in [1.82, 2.24) is 19.9 Å². The number of ether oxygens (including phenoxy) is 1. The van der Waals surface area contributed by atoms with Crippen molar-refractivity contribution in [3.8, 4) is 11.4 Å². The van der Waals surface area contributed by atoms with Crippen molar-refractivity contribution >= 4 is 28.6 Å². The average molecular weight is 420 g/mol. The molecule has 0 aliphatic carbocycles. The van der Waals surface area contributed by atoms with E-state index in [1.165, 1.54) is 23.5 Å². The Kier molecular flexibility index (Phi) is 5.41. The Hall–Kier alpha value is -3.39. The molecular weight excluding hydrogens is 398 g/mol. The van der Waals surface area contributed by atoms with Crippen LogP contribution in [0.3, 0.4) is 0 Å². The van der Waals surface area contributed by atoms with Crippen LogP contribution in [-0.2, 0) is 10.5 Å². The van der Waals surface area contributed by atoms with Gasteiger partial charge in [-0.3, -0.25) is 4.98 Å². The molecule has 4 aromatic rings. The first-order valence-corrected chi connectivity index (χ1v) is 10.4. The number of nitrogen functional groups attached to an aromatic ring is 1. The van der Waals surface area contributed by atoms with Gasteiger partial charge in [-0.25, -0.2) is 9.47 Å². The SMILES string of the molecule is COC(=O)c1c(CSc2nnc(-c3ccccc3C)n2N)nc2ccccc2c1C. The van der Waals surface area contributed by atoms with Gasteiger partial charge in [-0.2, -0.15) is 0 Å². The van der Waals surface area contributed by atoms with Crippen LogP contribution >= 0.6 is 11.8 Å². The number of fused-ring (bicyclic) bond motifs is 1. The Balaban J connectivity index is 1.69. The second-order valence-corrected chi connectivity index (χ2v) is 7.79. The predicted molar refractivity (Wildman–Crippen MR) is 118 cm³/mol. The van der Waals surface area contributed by atoms with Crippen molar-refractivity contribution in [1.29, 1.82) is 0 Å². The monoisotopic (exact) mass is 419 g/mol. The number of pyridine rings is 1. The van der Waals surface area contributed by atoms with Crippen LogP contribution in [0.2, 0.25) is 0 Å². The standard InChI is InChI=1S/C22H21N5O2S/c1-13-8-4-5-9-15(13)20-25-26-22(27(20)23)30-12-18-19(21(28)29-3)14(2)16-10-6-7-11-17(16)24-18/h4-11H,12,23H2,1-3H3. The molecule has 0 atom stereocenters. The third kappa shape index (κ3) is 3.50. The Labute approximate surface area is 178 Å². The summed E-state index contributed by atoms with van der Waals surface area (Å²) in [4.78, 5) is 17.2. The number of hydrogen-bond donors (Lipinski definition) is 1. The number of para-hydroxylation sites is 1. The summed E-state index contributed by atoms with van der Waals surface area (Å²) in [5, 5.41) is 9.96. The quantitative estimate of drug-likeness (QED) is 0.298.